The van der Waals surface area contributed by atoms with Crippen LogP contribution in [0.4, 0.5) is 4.39 Å². The Hall–Kier alpha value is -2.53. The molecule has 0 N–H and O–H groups in total. The lowest BCUT2D eigenvalue weighted by Gasteiger charge is -2.21. The summed E-state index contributed by atoms with van der Waals surface area (Å²) in [7, 11) is 0. The minimum absolute atomic E-state index is 0.193. The second-order valence-electron chi connectivity index (χ2n) is 6.55. The van der Waals surface area contributed by atoms with Gasteiger partial charge in [-0.05, 0) is 54.8 Å². The number of ether oxygens (including phenoxy) is 1. The van der Waals surface area contributed by atoms with Crippen molar-refractivity contribution >= 4 is 0 Å². The third-order valence-corrected chi connectivity index (χ3v) is 4.85. The molecule has 4 nitrogen and oxygen atoms in total. The molecule has 1 aliphatic rings. The molecular formula is C20H20FN3O. The van der Waals surface area contributed by atoms with Gasteiger partial charge in [-0.2, -0.15) is 0 Å². The van der Waals surface area contributed by atoms with Crippen molar-refractivity contribution in [1.29, 1.82) is 0 Å². The van der Waals surface area contributed by atoms with Crippen LogP contribution in [0.1, 0.15) is 17.2 Å². The maximum Gasteiger partial charge on any atom is 0.140 e. The van der Waals surface area contributed by atoms with Crippen molar-refractivity contribution in [1.82, 2.24) is 14.5 Å². The average molecular weight is 337 g/mol. The van der Waals surface area contributed by atoms with E-state index in [0.29, 0.717) is 18.1 Å². The molecule has 4 rings (SSSR count). The summed E-state index contributed by atoms with van der Waals surface area (Å²) in [5.74, 6) is 1.04. The van der Waals surface area contributed by atoms with Crippen molar-refractivity contribution in [3.8, 4) is 11.4 Å². The molecule has 0 radical (unpaired) electrons. The van der Waals surface area contributed by atoms with Gasteiger partial charge >= 0.3 is 0 Å². The molecule has 25 heavy (non-hydrogen) atoms. The van der Waals surface area contributed by atoms with Crippen LogP contribution in [0.5, 0.6) is 0 Å². The Kier molecular flexibility index (Phi) is 4.32. The van der Waals surface area contributed by atoms with Crippen molar-refractivity contribution in [2.24, 2.45) is 5.92 Å². The van der Waals surface area contributed by atoms with Crippen molar-refractivity contribution in [2.45, 2.75) is 19.4 Å². The van der Waals surface area contributed by atoms with E-state index in [1.54, 1.807) is 19.2 Å². The van der Waals surface area contributed by atoms with Crippen LogP contribution < -0.4 is 0 Å². The number of pyridine rings is 1. The van der Waals surface area contributed by atoms with Gasteiger partial charge in [0.2, 0.25) is 0 Å². The summed E-state index contributed by atoms with van der Waals surface area (Å²) in [4.78, 5) is 8.60. The lowest BCUT2D eigenvalue weighted by Crippen LogP contribution is -2.20. The van der Waals surface area contributed by atoms with Gasteiger partial charge in [-0.1, -0.05) is 0 Å². The van der Waals surface area contributed by atoms with Gasteiger partial charge in [0.15, 0.2) is 0 Å². The second-order valence-corrected chi connectivity index (χ2v) is 6.55. The highest BCUT2D eigenvalue weighted by Crippen LogP contribution is 2.32. The maximum absolute atomic E-state index is 13.6. The molecule has 3 aromatic rings. The fraction of sp³-hybridized carbons (Fsp3) is 0.300. The van der Waals surface area contributed by atoms with E-state index in [-0.39, 0.29) is 11.9 Å². The van der Waals surface area contributed by atoms with Gasteiger partial charge in [0.1, 0.15) is 11.6 Å². The fourth-order valence-electron chi connectivity index (χ4n) is 3.50. The quantitative estimate of drug-likeness (QED) is 0.726. The van der Waals surface area contributed by atoms with Crippen molar-refractivity contribution in [3.05, 3.63) is 72.1 Å². The molecule has 0 spiro atoms. The molecule has 1 saturated heterocycles. The summed E-state index contributed by atoms with van der Waals surface area (Å²) >= 11 is 0. The molecule has 0 bridgehead atoms. The number of rotatable bonds is 4. The highest BCUT2D eigenvalue weighted by atomic mass is 19.1. The molecule has 128 valence electrons. The van der Waals surface area contributed by atoms with E-state index < -0.39 is 0 Å². The van der Waals surface area contributed by atoms with Crippen LogP contribution in [0.3, 0.4) is 0 Å². The van der Waals surface area contributed by atoms with E-state index >= 15 is 0 Å². The summed E-state index contributed by atoms with van der Waals surface area (Å²) in [6, 6.07) is 9.46. The number of aryl methyl sites for hydroxylation is 1. The lowest BCUT2D eigenvalue weighted by atomic mass is 9.95. The van der Waals surface area contributed by atoms with Crippen LogP contribution in [-0.4, -0.2) is 27.7 Å². The molecule has 0 amide bonds. The summed E-state index contributed by atoms with van der Waals surface area (Å²) in [6.07, 6.45) is 8.38. The van der Waals surface area contributed by atoms with Crippen molar-refractivity contribution in [3.63, 3.8) is 0 Å². The Bertz CT molecular complexity index is 862. The minimum Gasteiger partial charge on any atom is -0.379 e. The molecule has 1 aliphatic heterocycles. The van der Waals surface area contributed by atoms with E-state index in [1.165, 1.54) is 11.6 Å². The summed E-state index contributed by atoms with van der Waals surface area (Å²) < 4.78 is 21.5. The number of hydrogen-bond donors (Lipinski definition) is 0. The van der Waals surface area contributed by atoms with Gasteiger partial charge < -0.3 is 9.30 Å². The molecule has 2 aromatic heterocycles. The molecule has 0 unspecified atom stereocenters. The predicted octanol–water partition coefficient (Wildman–Crippen LogP) is 3.82. The van der Waals surface area contributed by atoms with Crippen molar-refractivity contribution in [2.75, 3.05) is 13.2 Å². The molecule has 1 aromatic carbocycles. The predicted molar refractivity (Wildman–Crippen MR) is 93.6 cm³/mol. The summed E-state index contributed by atoms with van der Waals surface area (Å²) in [5.41, 5.74) is 2.82. The Morgan fingerprint density at radius 2 is 2.00 bits per heavy atom. The van der Waals surface area contributed by atoms with Crippen LogP contribution >= 0.6 is 0 Å². The first-order valence-electron chi connectivity index (χ1n) is 8.48. The monoisotopic (exact) mass is 337 g/mol. The van der Waals surface area contributed by atoms with E-state index in [2.05, 4.69) is 14.5 Å². The Balaban J connectivity index is 1.63. The zero-order chi connectivity index (χ0) is 17.2. The summed E-state index contributed by atoms with van der Waals surface area (Å²) in [5, 5.41) is 0. The third kappa shape index (κ3) is 3.20. The lowest BCUT2D eigenvalue weighted by molar-refractivity contribution is 0.181. The Labute approximate surface area is 146 Å². The van der Waals surface area contributed by atoms with E-state index in [4.69, 9.17) is 4.74 Å². The number of hydrogen-bond acceptors (Lipinski definition) is 3. The Morgan fingerprint density at radius 1 is 1.16 bits per heavy atom. The second kappa shape index (κ2) is 6.76. The van der Waals surface area contributed by atoms with E-state index in [0.717, 1.165) is 24.4 Å². The van der Waals surface area contributed by atoms with Gasteiger partial charge in [0.05, 0.1) is 19.3 Å². The maximum atomic E-state index is 13.6. The SMILES string of the molecule is Cc1cc(-c2nccn2[C@@H]2COC[C@@H]2Cc2ccncc2)ccc1F. The first kappa shape index (κ1) is 16.0. The average Bonchev–Trinajstić information content (AvgIpc) is 3.27. The van der Waals surface area contributed by atoms with E-state index in [9.17, 15) is 4.39 Å². The molecule has 2 atom stereocenters. The first-order chi connectivity index (χ1) is 12.2. The normalized spacial score (nSPS) is 20.1. The van der Waals surface area contributed by atoms with E-state index in [1.807, 2.05) is 36.8 Å². The smallest absolute Gasteiger partial charge is 0.140 e. The van der Waals surface area contributed by atoms with Crippen LogP contribution in [0.25, 0.3) is 11.4 Å². The molecule has 0 aliphatic carbocycles. The number of nitrogens with zero attached hydrogens (tertiary/aromatic N) is 3. The van der Waals surface area contributed by atoms with Crippen LogP contribution in [-0.2, 0) is 11.2 Å². The molecule has 1 fully saturated rings. The van der Waals surface area contributed by atoms with Crippen molar-refractivity contribution < 1.29 is 9.13 Å². The first-order valence-corrected chi connectivity index (χ1v) is 8.48. The van der Waals surface area contributed by atoms with Gasteiger partial charge in [-0.15, -0.1) is 0 Å². The van der Waals surface area contributed by atoms with Gasteiger partial charge in [0, 0.05) is 36.3 Å². The highest BCUT2D eigenvalue weighted by molar-refractivity contribution is 5.57. The largest absolute Gasteiger partial charge is 0.379 e. The molecular weight excluding hydrogens is 317 g/mol. The van der Waals surface area contributed by atoms with Gasteiger partial charge in [0.25, 0.3) is 0 Å². The number of aromatic nitrogens is 3. The zero-order valence-corrected chi connectivity index (χ0v) is 14.1. The molecule has 5 heteroatoms. The molecule has 0 saturated carbocycles. The number of benzene rings is 1. The topological polar surface area (TPSA) is 39.9 Å². The minimum atomic E-state index is -0.193. The van der Waals surface area contributed by atoms with Crippen LogP contribution in [0.2, 0.25) is 0 Å². The molecule has 3 heterocycles. The van der Waals surface area contributed by atoms with Gasteiger partial charge in [-0.25, -0.2) is 9.37 Å². The fourth-order valence-corrected chi connectivity index (χ4v) is 3.50. The van der Waals surface area contributed by atoms with Crippen LogP contribution in [0.15, 0.2) is 55.1 Å². The standard InChI is InChI=1S/C20H20FN3O/c1-14-10-16(2-3-18(14)21)20-23-8-9-24(20)19-13-25-12-17(19)11-15-4-6-22-7-5-15/h2-10,17,19H,11-13H2,1H3/t17-,19+/m0/s1. The van der Waals surface area contributed by atoms with Crippen LogP contribution in [0, 0.1) is 18.7 Å². The number of imidazole rings is 1. The summed E-state index contributed by atoms with van der Waals surface area (Å²) in [6.45, 7) is 3.17. The number of halogens is 1. The Morgan fingerprint density at radius 3 is 2.80 bits per heavy atom. The zero-order valence-electron chi connectivity index (χ0n) is 14.1. The third-order valence-electron chi connectivity index (χ3n) is 4.85. The highest BCUT2D eigenvalue weighted by Gasteiger charge is 2.31. The van der Waals surface area contributed by atoms with Gasteiger partial charge in [-0.3, -0.25) is 4.98 Å².